The van der Waals surface area contributed by atoms with Crippen molar-refractivity contribution in [2.75, 3.05) is 45.4 Å². The van der Waals surface area contributed by atoms with Gasteiger partial charge in [-0.25, -0.2) is 4.98 Å². The Balaban J connectivity index is 2.78. The lowest BCUT2D eigenvalue weighted by atomic mass is 10.3. The van der Waals surface area contributed by atoms with E-state index in [1.807, 2.05) is 12.1 Å². The molecule has 0 aromatic carbocycles. The Morgan fingerprint density at radius 3 is 2.82 bits per heavy atom. The van der Waals surface area contributed by atoms with Gasteiger partial charge in [0.1, 0.15) is 0 Å². The molecule has 1 heterocycles. The van der Waals surface area contributed by atoms with Gasteiger partial charge < -0.3 is 20.1 Å². The van der Waals surface area contributed by atoms with Crippen molar-refractivity contribution in [1.82, 2.24) is 4.98 Å². The number of hydrogen-bond acceptors (Lipinski definition) is 5. The third-order valence-corrected chi connectivity index (χ3v) is 2.47. The van der Waals surface area contributed by atoms with Crippen molar-refractivity contribution in [3.63, 3.8) is 0 Å². The van der Waals surface area contributed by atoms with Gasteiger partial charge in [0, 0.05) is 26.4 Å². The summed E-state index contributed by atoms with van der Waals surface area (Å²) in [5.74, 6) is 1.63. The van der Waals surface area contributed by atoms with Gasteiger partial charge in [-0.2, -0.15) is 0 Å². The predicted molar refractivity (Wildman–Crippen MR) is 68.5 cm³/mol. The van der Waals surface area contributed by atoms with Crippen molar-refractivity contribution in [2.24, 2.45) is 5.73 Å². The highest BCUT2D eigenvalue weighted by Crippen LogP contribution is 2.24. The van der Waals surface area contributed by atoms with Crippen LogP contribution in [0.5, 0.6) is 5.75 Å². The van der Waals surface area contributed by atoms with Crippen molar-refractivity contribution >= 4 is 5.82 Å². The Kier molecular flexibility index (Phi) is 6.35. The molecule has 2 N–H and O–H groups in total. The van der Waals surface area contributed by atoms with Gasteiger partial charge >= 0.3 is 0 Å². The van der Waals surface area contributed by atoms with Gasteiger partial charge in [-0.1, -0.05) is 0 Å². The van der Waals surface area contributed by atoms with E-state index in [9.17, 15) is 0 Å². The van der Waals surface area contributed by atoms with Crippen molar-refractivity contribution in [2.45, 2.75) is 6.42 Å². The molecule has 96 valence electrons. The van der Waals surface area contributed by atoms with E-state index in [0.717, 1.165) is 31.1 Å². The fraction of sp³-hybridized carbons (Fsp3) is 0.583. The van der Waals surface area contributed by atoms with E-state index in [1.54, 1.807) is 20.4 Å². The van der Waals surface area contributed by atoms with Gasteiger partial charge in [0.25, 0.3) is 0 Å². The molecule has 0 bridgehead atoms. The molecule has 0 aliphatic rings. The summed E-state index contributed by atoms with van der Waals surface area (Å²) in [5.41, 5.74) is 5.54. The number of hydrogen-bond donors (Lipinski definition) is 1. The van der Waals surface area contributed by atoms with Crippen molar-refractivity contribution in [3.8, 4) is 5.75 Å². The minimum atomic E-state index is 0.657. The third-order valence-electron chi connectivity index (χ3n) is 2.47. The van der Waals surface area contributed by atoms with Crippen molar-refractivity contribution < 1.29 is 9.47 Å². The molecular weight excluding hydrogens is 218 g/mol. The normalized spacial score (nSPS) is 10.3. The molecule has 17 heavy (non-hydrogen) atoms. The van der Waals surface area contributed by atoms with Gasteiger partial charge in [0.2, 0.25) is 0 Å². The molecule has 1 rings (SSSR count). The topological polar surface area (TPSA) is 60.6 Å². The third kappa shape index (κ3) is 4.20. The minimum Gasteiger partial charge on any atom is -0.493 e. The van der Waals surface area contributed by atoms with Crippen LogP contribution in [-0.2, 0) is 4.74 Å². The van der Waals surface area contributed by atoms with Crippen LogP contribution in [0.1, 0.15) is 6.42 Å². The average molecular weight is 239 g/mol. The van der Waals surface area contributed by atoms with Gasteiger partial charge in [-0.05, 0) is 25.1 Å². The van der Waals surface area contributed by atoms with E-state index in [2.05, 4.69) is 9.88 Å². The van der Waals surface area contributed by atoms with E-state index in [-0.39, 0.29) is 0 Å². The van der Waals surface area contributed by atoms with Gasteiger partial charge in [0.15, 0.2) is 11.6 Å². The van der Waals surface area contributed by atoms with Crippen molar-refractivity contribution in [3.05, 3.63) is 18.3 Å². The largest absolute Gasteiger partial charge is 0.493 e. The molecular formula is C12H21N3O2. The highest BCUT2D eigenvalue weighted by molar-refractivity contribution is 5.51. The number of aromatic nitrogens is 1. The number of pyridine rings is 1. The predicted octanol–water partition coefficient (Wildman–Crippen LogP) is 0.892. The molecule has 0 unspecified atom stereocenters. The Bertz CT molecular complexity index is 312. The number of rotatable bonds is 8. The quantitative estimate of drug-likeness (QED) is 0.730. The second-order valence-electron chi connectivity index (χ2n) is 3.65. The first-order valence-electron chi connectivity index (χ1n) is 5.76. The maximum atomic E-state index is 5.54. The lowest BCUT2D eigenvalue weighted by molar-refractivity contribution is 0.205. The van der Waals surface area contributed by atoms with E-state index >= 15 is 0 Å². The van der Waals surface area contributed by atoms with Crippen LogP contribution in [0.3, 0.4) is 0 Å². The molecule has 5 heteroatoms. The molecule has 0 fully saturated rings. The molecule has 1 aromatic rings. The summed E-state index contributed by atoms with van der Waals surface area (Å²) in [6.07, 6.45) is 2.68. The van der Waals surface area contributed by atoms with Crippen molar-refractivity contribution in [1.29, 1.82) is 0 Å². The maximum Gasteiger partial charge on any atom is 0.171 e. The summed E-state index contributed by atoms with van der Waals surface area (Å²) in [4.78, 5) is 6.49. The van der Waals surface area contributed by atoms with Crippen LogP contribution in [0.4, 0.5) is 5.82 Å². The molecule has 0 aliphatic heterocycles. The average Bonchev–Trinajstić information content (AvgIpc) is 2.39. The number of nitrogens with two attached hydrogens (primary N) is 1. The Morgan fingerprint density at radius 2 is 2.18 bits per heavy atom. The Labute approximate surface area is 103 Å². The molecule has 0 atom stereocenters. The lowest BCUT2D eigenvalue weighted by Crippen LogP contribution is -2.30. The second kappa shape index (κ2) is 7.86. The maximum absolute atomic E-state index is 5.54. The molecule has 0 saturated carbocycles. The van der Waals surface area contributed by atoms with Crippen LogP contribution in [0, 0.1) is 0 Å². The number of anilines is 1. The summed E-state index contributed by atoms with van der Waals surface area (Å²) in [6, 6.07) is 3.77. The first-order valence-corrected chi connectivity index (χ1v) is 5.76. The molecule has 5 nitrogen and oxygen atoms in total. The summed E-state index contributed by atoms with van der Waals surface area (Å²) in [5, 5.41) is 0. The smallest absolute Gasteiger partial charge is 0.171 e. The first-order chi connectivity index (χ1) is 8.33. The fourth-order valence-corrected chi connectivity index (χ4v) is 1.59. The standard InChI is InChI=1S/C12H21N3O2/c1-16-10-9-15(8-4-6-13)12-11(17-2)5-3-7-14-12/h3,5,7H,4,6,8-10,13H2,1-2H3. The lowest BCUT2D eigenvalue weighted by Gasteiger charge is -2.24. The highest BCUT2D eigenvalue weighted by Gasteiger charge is 2.12. The summed E-state index contributed by atoms with van der Waals surface area (Å²) in [6.45, 7) is 2.96. The Morgan fingerprint density at radius 1 is 1.35 bits per heavy atom. The zero-order chi connectivity index (χ0) is 12.5. The van der Waals surface area contributed by atoms with Crippen LogP contribution in [0.2, 0.25) is 0 Å². The first kappa shape index (κ1) is 13.7. The van der Waals surface area contributed by atoms with Crippen LogP contribution >= 0.6 is 0 Å². The fourth-order valence-electron chi connectivity index (χ4n) is 1.59. The molecule has 1 aromatic heterocycles. The molecule has 0 aliphatic carbocycles. The van der Waals surface area contributed by atoms with E-state index < -0.39 is 0 Å². The van der Waals surface area contributed by atoms with Crippen LogP contribution < -0.4 is 15.4 Å². The van der Waals surface area contributed by atoms with Crippen LogP contribution in [0.15, 0.2) is 18.3 Å². The summed E-state index contributed by atoms with van der Waals surface area (Å²) < 4.78 is 10.4. The minimum absolute atomic E-state index is 0.657. The van der Waals surface area contributed by atoms with Crippen LogP contribution in [0.25, 0.3) is 0 Å². The molecule has 0 radical (unpaired) electrons. The summed E-state index contributed by atoms with van der Waals surface area (Å²) >= 11 is 0. The van der Waals surface area contributed by atoms with E-state index in [4.69, 9.17) is 15.2 Å². The van der Waals surface area contributed by atoms with E-state index in [1.165, 1.54) is 0 Å². The van der Waals surface area contributed by atoms with Gasteiger partial charge in [0.05, 0.1) is 13.7 Å². The van der Waals surface area contributed by atoms with E-state index in [0.29, 0.717) is 13.2 Å². The Hall–Kier alpha value is -1.33. The number of methoxy groups -OCH3 is 2. The SMILES string of the molecule is COCCN(CCCN)c1ncccc1OC. The molecule has 0 spiro atoms. The molecule has 0 saturated heterocycles. The number of ether oxygens (including phenoxy) is 2. The zero-order valence-corrected chi connectivity index (χ0v) is 10.6. The van der Waals surface area contributed by atoms with Gasteiger partial charge in [-0.3, -0.25) is 0 Å². The van der Waals surface area contributed by atoms with Gasteiger partial charge in [-0.15, -0.1) is 0 Å². The number of nitrogens with zero attached hydrogens (tertiary/aromatic N) is 2. The summed E-state index contributed by atoms with van der Waals surface area (Å²) in [7, 11) is 3.34. The molecule has 0 amide bonds. The second-order valence-corrected chi connectivity index (χ2v) is 3.65. The van der Waals surface area contributed by atoms with Crippen LogP contribution in [-0.4, -0.2) is 45.4 Å². The monoisotopic (exact) mass is 239 g/mol. The zero-order valence-electron chi connectivity index (χ0n) is 10.6. The highest BCUT2D eigenvalue weighted by atomic mass is 16.5.